The Kier molecular flexibility index (Phi) is 13.1. The van der Waals surface area contributed by atoms with Crippen molar-refractivity contribution in [3.05, 3.63) is 107 Å². The summed E-state index contributed by atoms with van der Waals surface area (Å²) >= 11 is 0. The number of nitrogens with one attached hydrogen (secondary N) is 2. The highest BCUT2D eigenvalue weighted by Gasteiger charge is 2.34. The third kappa shape index (κ3) is 9.49. The van der Waals surface area contributed by atoms with E-state index in [2.05, 4.69) is 10.6 Å². The lowest BCUT2D eigenvalue weighted by Gasteiger charge is -2.32. The minimum Gasteiger partial charge on any atom is -0.388 e. The normalized spacial score (nSPS) is 13.5. The van der Waals surface area contributed by atoms with Gasteiger partial charge < -0.3 is 25.7 Å². The van der Waals surface area contributed by atoms with Crippen molar-refractivity contribution in [2.75, 3.05) is 13.1 Å². The first kappa shape index (κ1) is 34.0. The van der Waals surface area contributed by atoms with Crippen molar-refractivity contribution in [3.8, 4) is 6.07 Å². The number of hydrogen-bond acceptors (Lipinski definition) is 6. The Balaban J connectivity index is 1.88. The molecule has 0 radical (unpaired) electrons. The summed E-state index contributed by atoms with van der Waals surface area (Å²) in [7, 11) is 0. The molecular formula is C35H42N4O5. The molecule has 0 unspecified atom stereocenters. The molecule has 0 spiro atoms. The number of rotatable bonds is 15. The Morgan fingerprint density at radius 1 is 0.773 bits per heavy atom. The predicted octanol–water partition coefficient (Wildman–Crippen LogP) is 4.03. The van der Waals surface area contributed by atoms with Crippen LogP contribution in [-0.4, -0.2) is 70.2 Å². The van der Waals surface area contributed by atoms with Gasteiger partial charge >= 0.3 is 0 Å². The van der Waals surface area contributed by atoms with Crippen molar-refractivity contribution in [3.63, 3.8) is 0 Å². The molecule has 0 saturated carbocycles. The van der Waals surface area contributed by atoms with Crippen LogP contribution in [-0.2, 0) is 6.42 Å². The molecule has 4 N–H and O–H groups in total. The van der Waals surface area contributed by atoms with E-state index in [9.17, 15) is 29.9 Å². The molecule has 232 valence electrons. The highest BCUT2D eigenvalue weighted by atomic mass is 16.3. The molecule has 0 heterocycles. The Labute approximate surface area is 259 Å². The van der Waals surface area contributed by atoms with Gasteiger partial charge in [0.1, 0.15) is 12.2 Å². The molecular weight excluding hydrogens is 556 g/mol. The quantitative estimate of drug-likeness (QED) is 0.208. The van der Waals surface area contributed by atoms with Gasteiger partial charge in [0, 0.05) is 29.8 Å². The van der Waals surface area contributed by atoms with E-state index in [4.69, 9.17) is 0 Å². The first-order valence-corrected chi connectivity index (χ1v) is 15.0. The third-order valence-corrected chi connectivity index (χ3v) is 7.31. The molecule has 44 heavy (non-hydrogen) atoms. The number of amides is 3. The summed E-state index contributed by atoms with van der Waals surface area (Å²) in [5, 5.41) is 37.6. The lowest BCUT2D eigenvalue weighted by Crippen LogP contribution is -2.56. The van der Waals surface area contributed by atoms with Crippen molar-refractivity contribution >= 4 is 17.7 Å². The van der Waals surface area contributed by atoms with Crippen LogP contribution >= 0.6 is 0 Å². The molecule has 0 bridgehead atoms. The van der Waals surface area contributed by atoms with Crippen LogP contribution in [0.1, 0.15) is 75.3 Å². The van der Waals surface area contributed by atoms with Crippen molar-refractivity contribution in [1.29, 1.82) is 5.26 Å². The number of aliphatic hydroxyl groups is 2. The van der Waals surface area contributed by atoms with Gasteiger partial charge in [0.25, 0.3) is 17.7 Å². The van der Waals surface area contributed by atoms with Gasteiger partial charge in [-0.1, -0.05) is 62.4 Å². The largest absolute Gasteiger partial charge is 0.388 e. The summed E-state index contributed by atoms with van der Waals surface area (Å²) in [6.45, 7) is 7.03. The number of aryl methyl sites for hydroxylation is 1. The summed E-state index contributed by atoms with van der Waals surface area (Å²) in [4.78, 5) is 41.5. The fourth-order valence-corrected chi connectivity index (χ4v) is 5.12. The number of nitrogens with zero attached hydrogens (tertiary/aromatic N) is 2. The van der Waals surface area contributed by atoms with E-state index in [1.807, 2.05) is 50.2 Å². The highest BCUT2D eigenvalue weighted by Crippen LogP contribution is 2.17. The monoisotopic (exact) mass is 598 g/mol. The van der Waals surface area contributed by atoms with Crippen molar-refractivity contribution in [2.24, 2.45) is 0 Å². The van der Waals surface area contributed by atoms with Crippen molar-refractivity contribution in [2.45, 2.75) is 70.7 Å². The number of aliphatic hydroxyl groups excluding tert-OH is 2. The molecule has 0 aliphatic heterocycles. The van der Waals surface area contributed by atoms with Crippen LogP contribution in [0.25, 0.3) is 0 Å². The molecule has 0 fully saturated rings. The standard InChI is InChI=1S/C35H42N4O5/c1-4-18-39(19-5-2)35(44)28-21-24(3)20-27(23-28)34(43)38-30(22-25-12-8-6-9-13-25)32(41)31(40)29(16-17-36)37-33(42)26-14-10-7-11-15-26/h6-15,20-21,23,29-32,40-41H,4-5,16,18-19,22H2,1-3H3,(H,37,42)(H,38,43)/t29-,30+,31-,32-/m1/s1. The van der Waals surface area contributed by atoms with Crippen molar-refractivity contribution in [1.82, 2.24) is 15.5 Å². The maximum absolute atomic E-state index is 13.6. The molecule has 9 nitrogen and oxygen atoms in total. The van der Waals surface area contributed by atoms with Gasteiger partial charge in [-0.25, -0.2) is 0 Å². The maximum atomic E-state index is 13.6. The smallest absolute Gasteiger partial charge is 0.253 e. The third-order valence-electron chi connectivity index (χ3n) is 7.31. The number of carbonyl (C=O) groups excluding carboxylic acids is 3. The average Bonchev–Trinajstić information content (AvgIpc) is 3.03. The molecule has 3 rings (SSSR count). The zero-order valence-corrected chi connectivity index (χ0v) is 25.6. The van der Waals surface area contributed by atoms with Gasteiger partial charge in [-0.05, 0) is 67.6 Å². The SMILES string of the molecule is CCCN(CCC)C(=O)c1cc(C)cc(C(=O)N[C@@H](Cc2ccccc2)[C@@H](O)[C@H](O)[C@@H](CC#N)NC(=O)c2ccccc2)c1. The summed E-state index contributed by atoms with van der Waals surface area (Å²) < 4.78 is 0. The van der Waals surface area contributed by atoms with Crippen LogP contribution in [0.15, 0.2) is 78.9 Å². The lowest BCUT2D eigenvalue weighted by molar-refractivity contribution is -0.0212. The van der Waals surface area contributed by atoms with Crippen LogP contribution in [0.5, 0.6) is 0 Å². The fraction of sp³-hybridized carbons (Fsp3) is 0.371. The summed E-state index contributed by atoms with van der Waals surface area (Å²) in [6.07, 6.45) is -1.62. The average molecular weight is 599 g/mol. The molecule has 0 aliphatic rings. The molecule has 3 aromatic carbocycles. The van der Waals surface area contributed by atoms with Crippen LogP contribution < -0.4 is 10.6 Å². The first-order valence-electron chi connectivity index (χ1n) is 15.0. The van der Waals surface area contributed by atoms with E-state index < -0.39 is 36.1 Å². The zero-order chi connectivity index (χ0) is 32.1. The predicted molar refractivity (Wildman–Crippen MR) is 169 cm³/mol. The molecule has 0 saturated heterocycles. The van der Waals surface area contributed by atoms with Crippen LogP contribution in [0, 0.1) is 18.3 Å². The Morgan fingerprint density at radius 2 is 1.30 bits per heavy atom. The maximum Gasteiger partial charge on any atom is 0.253 e. The number of hydrogen-bond donors (Lipinski definition) is 4. The molecule has 3 amide bonds. The van der Waals surface area contributed by atoms with E-state index in [1.54, 1.807) is 60.4 Å². The summed E-state index contributed by atoms with van der Waals surface area (Å²) in [5.41, 5.74) is 2.50. The van der Waals surface area contributed by atoms with E-state index in [0.29, 0.717) is 24.2 Å². The van der Waals surface area contributed by atoms with E-state index in [-0.39, 0.29) is 24.3 Å². The minimum atomic E-state index is -1.58. The first-order chi connectivity index (χ1) is 21.2. The molecule has 9 heteroatoms. The minimum absolute atomic E-state index is 0.156. The topological polar surface area (TPSA) is 143 Å². The molecule has 0 aromatic heterocycles. The van der Waals surface area contributed by atoms with Crippen molar-refractivity contribution < 1.29 is 24.6 Å². The van der Waals surface area contributed by atoms with Gasteiger partial charge in [-0.15, -0.1) is 0 Å². The van der Waals surface area contributed by atoms with Gasteiger partial charge in [-0.3, -0.25) is 14.4 Å². The van der Waals surface area contributed by atoms with Crippen LogP contribution in [0.4, 0.5) is 0 Å². The van der Waals surface area contributed by atoms with E-state index >= 15 is 0 Å². The number of benzene rings is 3. The second-order valence-electron chi connectivity index (χ2n) is 10.9. The Hall–Kier alpha value is -4.52. The summed E-state index contributed by atoms with van der Waals surface area (Å²) in [6, 6.07) is 22.3. The van der Waals surface area contributed by atoms with Gasteiger partial charge in [0.15, 0.2) is 0 Å². The van der Waals surface area contributed by atoms with Gasteiger partial charge in [-0.2, -0.15) is 5.26 Å². The fourth-order valence-electron chi connectivity index (χ4n) is 5.12. The van der Waals surface area contributed by atoms with Gasteiger partial charge in [0.05, 0.1) is 24.6 Å². The lowest BCUT2D eigenvalue weighted by atomic mass is 9.92. The van der Waals surface area contributed by atoms with E-state index in [1.165, 1.54) is 0 Å². The van der Waals surface area contributed by atoms with Crippen LogP contribution in [0.3, 0.4) is 0 Å². The number of nitriles is 1. The number of carbonyl (C=O) groups is 3. The Morgan fingerprint density at radius 3 is 1.89 bits per heavy atom. The second kappa shape index (κ2) is 16.9. The van der Waals surface area contributed by atoms with Crippen LogP contribution in [0.2, 0.25) is 0 Å². The van der Waals surface area contributed by atoms with Gasteiger partial charge in [0.2, 0.25) is 0 Å². The summed E-state index contributed by atoms with van der Waals surface area (Å²) in [5.74, 6) is -1.19. The molecule has 0 aliphatic carbocycles. The molecule has 3 aromatic rings. The molecule has 4 atom stereocenters. The highest BCUT2D eigenvalue weighted by molar-refractivity contribution is 6.00. The second-order valence-corrected chi connectivity index (χ2v) is 10.9. The van der Waals surface area contributed by atoms with E-state index in [0.717, 1.165) is 24.0 Å². The zero-order valence-electron chi connectivity index (χ0n) is 25.6. The Bertz CT molecular complexity index is 1420.